The number of para-hydroxylation sites is 1. The van der Waals surface area contributed by atoms with Gasteiger partial charge in [0.1, 0.15) is 0 Å². The highest BCUT2D eigenvalue weighted by Gasteiger charge is 2.17. The molecule has 0 saturated heterocycles. The second-order valence-electron chi connectivity index (χ2n) is 3.59. The van der Waals surface area contributed by atoms with Crippen LogP contribution in [0.25, 0.3) is 10.9 Å². The van der Waals surface area contributed by atoms with E-state index in [4.69, 9.17) is 4.74 Å². The van der Waals surface area contributed by atoms with Crippen LogP contribution in [0.1, 0.15) is 5.69 Å². The first-order valence-corrected chi connectivity index (χ1v) is 4.97. The molecule has 1 heterocycles. The highest BCUT2D eigenvalue weighted by atomic mass is 16.6. The van der Waals surface area contributed by atoms with E-state index in [-0.39, 0.29) is 0 Å². The summed E-state index contributed by atoms with van der Waals surface area (Å²) in [5, 5.41) is 10.9. The number of rotatable bonds is 3. The standard InChI is InChI=1S/C11H10N2O4/c1-7-11(17-10(14)6-13(15)16)8-4-2-3-5-9(8)12-7/h2-5,12H,6H2,1H3. The van der Waals surface area contributed by atoms with E-state index in [1.807, 2.05) is 12.1 Å². The van der Waals surface area contributed by atoms with Gasteiger partial charge in [-0.2, -0.15) is 0 Å². The number of ether oxygens (including phenoxy) is 1. The molecule has 1 aromatic heterocycles. The summed E-state index contributed by atoms with van der Waals surface area (Å²) in [6, 6.07) is 7.28. The minimum Gasteiger partial charge on any atom is -0.419 e. The number of fused-ring (bicyclic) bond motifs is 1. The molecule has 17 heavy (non-hydrogen) atoms. The van der Waals surface area contributed by atoms with Crippen molar-refractivity contribution in [2.24, 2.45) is 0 Å². The maximum atomic E-state index is 11.2. The number of nitro groups is 1. The zero-order valence-corrected chi connectivity index (χ0v) is 9.10. The van der Waals surface area contributed by atoms with Gasteiger partial charge in [-0.05, 0) is 19.1 Å². The predicted octanol–water partition coefficient (Wildman–Crippen LogP) is 1.66. The number of H-pyrrole nitrogens is 1. The second-order valence-corrected chi connectivity index (χ2v) is 3.59. The van der Waals surface area contributed by atoms with Crippen molar-refractivity contribution in [2.45, 2.75) is 6.92 Å². The monoisotopic (exact) mass is 234 g/mol. The number of hydrogen-bond donors (Lipinski definition) is 1. The van der Waals surface area contributed by atoms with Crippen molar-refractivity contribution in [1.82, 2.24) is 4.98 Å². The van der Waals surface area contributed by atoms with Gasteiger partial charge in [-0.1, -0.05) is 12.1 Å². The number of nitrogens with zero attached hydrogens (tertiary/aromatic N) is 1. The van der Waals surface area contributed by atoms with E-state index < -0.39 is 17.4 Å². The summed E-state index contributed by atoms with van der Waals surface area (Å²) in [6.45, 7) is 0.910. The summed E-state index contributed by atoms with van der Waals surface area (Å²) in [7, 11) is 0. The average molecular weight is 234 g/mol. The molecule has 0 fully saturated rings. The summed E-state index contributed by atoms with van der Waals surface area (Å²) in [5.74, 6) is -0.518. The van der Waals surface area contributed by atoms with E-state index in [0.29, 0.717) is 11.4 Å². The van der Waals surface area contributed by atoms with Crippen LogP contribution in [-0.2, 0) is 4.79 Å². The van der Waals surface area contributed by atoms with Crippen molar-refractivity contribution in [3.05, 3.63) is 40.1 Å². The smallest absolute Gasteiger partial charge is 0.383 e. The number of aryl methyl sites for hydroxylation is 1. The van der Waals surface area contributed by atoms with Crippen molar-refractivity contribution in [3.63, 3.8) is 0 Å². The van der Waals surface area contributed by atoms with Crippen molar-refractivity contribution in [2.75, 3.05) is 6.54 Å². The van der Waals surface area contributed by atoms with Crippen LogP contribution >= 0.6 is 0 Å². The molecule has 0 aliphatic carbocycles. The molecule has 1 aromatic carbocycles. The van der Waals surface area contributed by atoms with Gasteiger partial charge in [0.25, 0.3) is 6.54 Å². The number of aromatic nitrogens is 1. The third kappa shape index (κ3) is 2.25. The Bertz CT molecular complexity index is 588. The Balaban J connectivity index is 2.32. The molecule has 88 valence electrons. The summed E-state index contributed by atoms with van der Waals surface area (Å²) >= 11 is 0. The van der Waals surface area contributed by atoms with Crippen molar-refractivity contribution in [3.8, 4) is 5.75 Å². The van der Waals surface area contributed by atoms with Gasteiger partial charge in [0.2, 0.25) is 0 Å². The minimum atomic E-state index is -0.872. The maximum absolute atomic E-state index is 11.2. The summed E-state index contributed by atoms with van der Waals surface area (Å²) in [4.78, 5) is 23.7. The third-order valence-corrected chi connectivity index (χ3v) is 2.31. The molecule has 0 atom stereocenters. The molecule has 0 saturated carbocycles. The van der Waals surface area contributed by atoms with Gasteiger partial charge in [-0.25, -0.2) is 4.79 Å². The van der Waals surface area contributed by atoms with E-state index in [0.717, 1.165) is 10.9 Å². The molecule has 0 aliphatic heterocycles. The van der Waals surface area contributed by atoms with Crippen LogP contribution in [-0.4, -0.2) is 22.4 Å². The number of carbonyl (C=O) groups is 1. The van der Waals surface area contributed by atoms with Crippen molar-refractivity contribution >= 4 is 16.9 Å². The zero-order chi connectivity index (χ0) is 12.4. The molecular formula is C11H10N2O4. The molecule has 0 radical (unpaired) electrons. The highest BCUT2D eigenvalue weighted by Crippen LogP contribution is 2.29. The molecule has 2 aromatic rings. The van der Waals surface area contributed by atoms with Crippen LogP contribution in [0.2, 0.25) is 0 Å². The molecule has 6 nitrogen and oxygen atoms in total. The van der Waals surface area contributed by atoms with Crippen LogP contribution in [0.4, 0.5) is 0 Å². The Labute approximate surface area is 96.3 Å². The van der Waals surface area contributed by atoms with Crippen LogP contribution < -0.4 is 4.74 Å². The molecule has 0 bridgehead atoms. The summed E-state index contributed by atoms with van der Waals surface area (Å²) < 4.78 is 5.00. The normalized spacial score (nSPS) is 10.4. The minimum absolute atomic E-state index is 0.354. The quantitative estimate of drug-likeness (QED) is 0.497. The van der Waals surface area contributed by atoms with E-state index in [1.54, 1.807) is 19.1 Å². The zero-order valence-electron chi connectivity index (χ0n) is 9.10. The summed E-state index contributed by atoms with van der Waals surface area (Å²) in [5.41, 5.74) is 1.50. The maximum Gasteiger partial charge on any atom is 0.383 e. The number of carbonyl (C=O) groups excluding carboxylic acids is 1. The van der Waals surface area contributed by atoms with E-state index >= 15 is 0 Å². The molecular weight excluding hydrogens is 224 g/mol. The Morgan fingerprint density at radius 2 is 2.18 bits per heavy atom. The third-order valence-electron chi connectivity index (χ3n) is 2.31. The first kappa shape index (κ1) is 11.1. The number of nitrogens with one attached hydrogen (secondary N) is 1. The van der Waals surface area contributed by atoms with Crippen molar-refractivity contribution < 1.29 is 14.5 Å². The van der Waals surface area contributed by atoms with Gasteiger partial charge in [0, 0.05) is 15.8 Å². The number of hydrogen-bond acceptors (Lipinski definition) is 4. The Kier molecular flexibility index (Phi) is 2.78. The molecule has 6 heteroatoms. The SMILES string of the molecule is Cc1[nH]c2ccccc2c1OC(=O)C[N+](=O)[O-]. The molecule has 0 amide bonds. The Morgan fingerprint density at radius 3 is 2.88 bits per heavy atom. The lowest BCUT2D eigenvalue weighted by atomic mass is 10.2. The second kappa shape index (κ2) is 4.25. The van der Waals surface area contributed by atoms with Gasteiger partial charge in [-0.15, -0.1) is 0 Å². The van der Waals surface area contributed by atoms with Gasteiger partial charge in [-0.3, -0.25) is 10.1 Å². The first-order chi connectivity index (χ1) is 8.08. The van der Waals surface area contributed by atoms with Gasteiger partial charge >= 0.3 is 5.97 Å². The number of esters is 1. The van der Waals surface area contributed by atoms with Crippen LogP contribution in [0.15, 0.2) is 24.3 Å². The largest absolute Gasteiger partial charge is 0.419 e. The molecule has 0 aliphatic rings. The number of aromatic amines is 1. The van der Waals surface area contributed by atoms with Crippen LogP contribution in [0, 0.1) is 17.0 Å². The van der Waals surface area contributed by atoms with Gasteiger partial charge in [0.15, 0.2) is 5.75 Å². The fourth-order valence-corrected chi connectivity index (χ4v) is 1.63. The van der Waals surface area contributed by atoms with Gasteiger partial charge < -0.3 is 9.72 Å². The van der Waals surface area contributed by atoms with E-state index in [1.165, 1.54) is 0 Å². The Hall–Kier alpha value is -2.37. The van der Waals surface area contributed by atoms with Gasteiger partial charge in [0.05, 0.1) is 5.69 Å². The first-order valence-electron chi connectivity index (χ1n) is 4.97. The molecule has 2 rings (SSSR count). The van der Waals surface area contributed by atoms with E-state index in [9.17, 15) is 14.9 Å². The fraction of sp³-hybridized carbons (Fsp3) is 0.182. The lowest BCUT2D eigenvalue weighted by Crippen LogP contribution is -2.19. The molecule has 0 spiro atoms. The lowest BCUT2D eigenvalue weighted by Gasteiger charge is -2.00. The topological polar surface area (TPSA) is 85.2 Å². The predicted molar refractivity (Wildman–Crippen MR) is 60.5 cm³/mol. The van der Waals surface area contributed by atoms with Crippen LogP contribution in [0.3, 0.4) is 0 Å². The average Bonchev–Trinajstić information content (AvgIpc) is 2.55. The van der Waals surface area contributed by atoms with Crippen molar-refractivity contribution in [1.29, 1.82) is 0 Å². The fourth-order valence-electron chi connectivity index (χ4n) is 1.63. The molecule has 1 N–H and O–H groups in total. The summed E-state index contributed by atoms with van der Waals surface area (Å²) in [6.07, 6.45) is 0. The van der Waals surface area contributed by atoms with E-state index in [2.05, 4.69) is 4.98 Å². The number of benzene rings is 1. The molecule has 0 unspecified atom stereocenters. The highest BCUT2D eigenvalue weighted by molar-refractivity contribution is 5.90. The lowest BCUT2D eigenvalue weighted by molar-refractivity contribution is -0.469. The Morgan fingerprint density at radius 1 is 1.47 bits per heavy atom. The van der Waals surface area contributed by atoms with Crippen LogP contribution in [0.5, 0.6) is 5.75 Å².